The molecule has 100 valence electrons. The standard InChI is InChI=1S/C14H21NO2S/c1-6-7-16-13(5)15-17-18-14-11(3)8-10(2)9-12(14)4/h8-9H,6-7H2,1-5H3/b15-13+. The Morgan fingerprint density at radius 2 is 1.83 bits per heavy atom. The van der Waals surface area contributed by atoms with Crippen molar-refractivity contribution < 1.29 is 9.02 Å². The summed E-state index contributed by atoms with van der Waals surface area (Å²) in [5, 5.41) is 3.92. The maximum absolute atomic E-state index is 5.32. The Morgan fingerprint density at radius 3 is 2.39 bits per heavy atom. The van der Waals surface area contributed by atoms with Crippen molar-refractivity contribution in [3.05, 3.63) is 28.8 Å². The molecule has 1 aromatic rings. The number of ether oxygens (including phenoxy) is 1. The van der Waals surface area contributed by atoms with Gasteiger partial charge in [-0.2, -0.15) is 0 Å². The molecule has 0 amide bonds. The van der Waals surface area contributed by atoms with Crippen molar-refractivity contribution >= 4 is 17.9 Å². The average molecular weight is 267 g/mol. The van der Waals surface area contributed by atoms with Crippen LogP contribution < -0.4 is 0 Å². The van der Waals surface area contributed by atoms with E-state index in [2.05, 4.69) is 45.0 Å². The van der Waals surface area contributed by atoms with Gasteiger partial charge in [-0.1, -0.05) is 24.6 Å². The molecule has 1 aromatic carbocycles. The van der Waals surface area contributed by atoms with E-state index in [4.69, 9.17) is 9.02 Å². The molecule has 0 aromatic heterocycles. The molecule has 0 N–H and O–H groups in total. The number of nitrogens with zero attached hydrogens (tertiary/aromatic N) is 1. The summed E-state index contributed by atoms with van der Waals surface area (Å²) in [7, 11) is 0. The summed E-state index contributed by atoms with van der Waals surface area (Å²) in [6.45, 7) is 10.8. The SMILES string of the molecule is CCCO/C(C)=N/OSc1c(C)cc(C)cc1C. The highest BCUT2D eigenvalue weighted by Crippen LogP contribution is 2.28. The Labute approximate surface area is 114 Å². The molecule has 0 aliphatic heterocycles. The van der Waals surface area contributed by atoms with Crippen LogP contribution in [0.3, 0.4) is 0 Å². The summed E-state index contributed by atoms with van der Waals surface area (Å²) in [4.78, 5) is 1.12. The minimum absolute atomic E-state index is 0.562. The third-order valence-electron chi connectivity index (χ3n) is 2.41. The van der Waals surface area contributed by atoms with E-state index < -0.39 is 0 Å². The maximum atomic E-state index is 5.32. The Balaban J connectivity index is 2.59. The van der Waals surface area contributed by atoms with E-state index >= 15 is 0 Å². The molecule has 4 heteroatoms. The zero-order chi connectivity index (χ0) is 13.5. The number of aryl methyl sites for hydroxylation is 3. The largest absolute Gasteiger partial charge is 0.479 e. The van der Waals surface area contributed by atoms with Crippen LogP contribution in [-0.4, -0.2) is 12.5 Å². The first-order valence-electron chi connectivity index (χ1n) is 6.13. The molecule has 0 atom stereocenters. The van der Waals surface area contributed by atoms with Crippen molar-refractivity contribution in [1.82, 2.24) is 0 Å². The van der Waals surface area contributed by atoms with Crippen molar-refractivity contribution in [3.8, 4) is 0 Å². The van der Waals surface area contributed by atoms with E-state index in [1.165, 1.54) is 28.7 Å². The highest BCUT2D eigenvalue weighted by atomic mass is 32.2. The maximum Gasteiger partial charge on any atom is 0.223 e. The van der Waals surface area contributed by atoms with E-state index in [1.807, 2.05) is 0 Å². The summed E-state index contributed by atoms with van der Waals surface area (Å²) in [5.74, 6) is 0.562. The zero-order valence-corrected chi connectivity index (χ0v) is 12.6. The lowest BCUT2D eigenvalue weighted by Crippen LogP contribution is -2.00. The first-order chi connectivity index (χ1) is 8.54. The van der Waals surface area contributed by atoms with Crippen molar-refractivity contribution in [1.29, 1.82) is 0 Å². The van der Waals surface area contributed by atoms with Gasteiger partial charge < -0.3 is 9.02 Å². The monoisotopic (exact) mass is 267 g/mol. The van der Waals surface area contributed by atoms with Crippen molar-refractivity contribution in [2.45, 2.75) is 45.9 Å². The fourth-order valence-corrected chi connectivity index (χ4v) is 2.28. The lowest BCUT2D eigenvalue weighted by Gasteiger charge is -2.08. The Bertz CT molecular complexity index is 407. The van der Waals surface area contributed by atoms with Crippen LogP contribution in [0.15, 0.2) is 22.2 Å². The van der Waals surface area contributed by atoms with Crippen molar-refractivity contribution in [3.63, 3.8) is 0 Å². The van der Waals surface area contributed by atoms with E-state index in [-0.39, 0.29) is 0 Å². The normalized spacial score (nSPS) is 11.5. The zero-order valence-electron chi connectivity index (χ0n) is 11.7. The summed E-state index contributed by atoms with van der Waals surface area (Å²) in [5.41, 5.74) is 3.68. The van der Waals surface area contributed by atoms with Crippen LogP contribution >= 0.6 is 12.0 Å². The predicted molar refractivity (Wildman–Crippen MR) is 76.9 cm³/mol. The minimum atomic E-state index is 0.562. The Kier molecular flexibility index (Phi) is 6.05. The number of rotatable bonds is 5. The van der Waals surface area contributed by atoms with Crippen LogP contribution in [0.25, 0.3) is 0 Å². The lowest BCUT2D eigenvalue weighted by molar-refractivity contribution is 0.277. The highest BCUT2D eigenvalue weighted by molar-refractivity contribution is 7.94. The van der Waals surface area contributed by atoms with Crippen LogP contribution in [0.1, 0.15) is 37.0 Å². The van der Waals surface area contributed by atoms with Crippen LogP contribution in [0, 0.1) is 20.8 Å². The number of hydrogen-bond donors (Lipinski definition) is 0. The van der Waals surface area contributed by atoms with Crippen LogP contribution in [0.5, 0.6) is 0 Å². The second kappa shape index (κ2) is 7.31. The Morgan fingerprint density at radius 1 is 1.22 bits per heavy atom. The molecule has 0 aliphatic carbocycles. The van der Waals surface area contributed by atoms with Gasteiger partial charge in [0, 0.05) is 6.92 Å². The van der Waals surface area contributed by atoms with Gasteiger partial charge in [-0.05, 0) is 43.5 Å². The second-order valence-corrected chi connectivity index (χ2v) is 5.07. The summed E-state index contributed by atoms with van der Waals surface area (Å²) in [6, 6.07) is 4.28. The summed E-state index contributed by atoms with van der Waals surface area (Å²) in [6.07, 6.45) is 0.968. The van der Waals surface area contributed by atoms with Gasteiger partial charge in [0.05, 0.1) is 11.5 Å². The molecular weight excluding hydrogens is 246 g/mol. The molecule has 0 aliphatic rings. The molecule has 3 nitrogen and oxygen atoms in total. The molecule has 0 unspecified atom stereocenters. The van der Waals surface area contributed by atoms with Crippen molar-refractivity contribution in [2.75, 3.05) is 6.61 Å². The molecule has 0 heterocycles. The average Bonchev–Trinajstić information content (AvgIpc) is 2.29. The molecule has 0 saturated carbocycles. The van der Waals surface area contributed by atoms with E-state index in [9.17, 15) is 0 Å². The van der Waals surface area contributed by atoms with Gasteiger partial charge in [-0.25, -0.2) is 0 Å². The van der Waals surface area contributed by atoms with Gasteiger partial charge in [-0.15, -0.1) is 0 Å². The molecule has 0 spiro atoms. The first kappa shape index (κ1) is 14.9. The van der Waals surface area contributed by atoms with Gasteiger partial charge in [0.15, 0.2) is 0 Å². The quantitative estimate of drug-likeness (QED) is 0.343. The van der Waals surface area contributed by atoms with Gasteiger partial charge in [-0.3, -0.25) is 0 Å². The first-order valence-corrected chi connectivity index (χ1v) is 6.87. The van der Waals surface area contributed by atoms with Crippen LogP contribution in [-0.2, 0) is 9.02 Å². The van der Waals surface area contributed by atoms with E-state index in [0.29, 0.717) is 12.5 Å². The molecule has 0 radical (unpaired) electrons. The van der Waals surface area contributed by atoms with E-state index in [1.54, 1.807) is 6.92 Å². The fourth-order valence-electron chi connectivity index (χ4n) is 1.68. The lowest BCUT2D eigenvalue weighted by atomic mass is 10.1. The molecule has 1 rings (SSSR count). The summed E-state index contributed by atoms with van der Waals surface area (Å²) >= 11 is 1.28. The highest BCUT2D eigenvalue weighted by Gasteiger charge is 2.06. The van der Waals surface area contributed by atoms with E-state index in [0.717, 1.165) is 11.3 Å². The van der Waals surface area contributed by atoms with Crippen LogP contribution in [0.4, 0.5) is 0 Å². The molecule has 18 heavy (non-hydrogen) atoms. The fraction of sp³-hybridized carbons (Fsp3) is 0.500. The van der Waals surface area contributed by atoms with Crippen molar-refractivity contribution in [2.24, 2.45) is 5.16 Å². The number of benzene rings is 1. The van der Waals surface area contributed by atoms with Crippen LogP contribution in [0.2, 0.25) is 0 Å². The van der Waals surface area contributed by atoms with Gasteiger partial charge >= 0.3 is 0 Å². The molecule has 0 saturated heterocycles. The van der Waals surface area contributed by atoms with Gasteiger partial charge in [0.25, 0.3) is 0 Å². The second-order valence-electron chi connectivity index (χ2n) is 4.34. The number of oxime groups is 1. The third-order valence-corrected chi connectivity index (χ3v) is 3.37. The van der Waals surface area contributed by atoms with Gasteiger partial charge in [0.1, 0.15) is 12.0 Å². The third kappa shape index (κ3) is 4.61. The summed E-state index contributed by atoms with van der Waals surface area (Å²) < 4.78 is 10.6. The molecular formula is C14H21NO2S. The predicted octanol–water partition coefficient (Wildman–Crippen LogP) is 4.40. The molecule has 0 bridgehead atoms. The number of hydrogen-bond acceptors (Lipinski definition) is 4. The molecule has 0 fully saturated rings. The van der Waals surface area contributed by atoms with Gasteiger partial charge in [0.2, 0.25) is 5.90 Å². The Hall–Kier alpha value is -1.16. The smallest absolute Gasteiger partial charge is 0.223 e. The topological polar surface area (TPSA) is 30.8 Å². The minimum Gasteiger partial charge on any atom is -0.479 e.